The van der Waals surface area contributed by atoms with Crippen molar-refractivity contribution in [2.24, 2.45) is 0 Å². The van der Waals surface area contributed by atoms with Gasteiger partial charge in [-0.25, -0.2) is 0 Å². The van der Waals surface area contributed by atoms with Crippen LogP contribution in [0, 0.1) is 0 Å². The van der Waals surface area contributed by atoms with Crippen LogP contribution in [0.4, 0.5) is 0 Å². The summed E-state index contributed by atoms with van der Waals surface area (Å²) in [6, 6.07) is 14.7. The molecule has 2 aliphatic carbocycles. The van der Waals surface area contributed by atoms with Gasteiger partial charge in [0.2, 0.25) is 0 Å². The first kappa shape index (κ1) is 9.29. The monoisotopic (exact) mass is 222 g/mol. The van der Waals surface area contributed by atoms with Crippen LogP contribution in [0.2, 0.25) is 0 Å². The molecule has 2 aromatic carbocycles. The van der Waals surface area contributed by atoms with Gasteiger partial charge in [-0.1, -0.05) is 36.4 Å². The predicted octanol–water partition coefficient (Wildman–Crippen LogP) is 3.57. The van der Waals surface area contributed by atoms with E-state index in [1.54, 1.807) is 0 Å². The Morgan fingerprint density at radius 2 is 1.76 bits per heavy atom. The van der Waals surface area contributed by atoms with Gasteiger partial charge in [0.25, 0.3) is 0 Å². The number of phenolic OH excluding ortho intramolecular Hbond substituents is 1. The molecule has 4 rings (SSSR count). The summed E-state index contributed by atoms with van der Waals surface area (Å²) < 4.78 is 0. The van der Waals surface area contributed by atoms with Crippen LogP contribution in [0.25, 0.3) is 0 Å². The Balaban J connectivity index is 2.00. The van der Waals surface area contributed by atoms with E-state index in [9.17, 15) is 5.11 Å². The normalized spacial score (nSPS) is 24.2. The first-order valence-corrected chi connectivity index (χ1v) is 6.24. The summed E-state index contributed by atoms with van der Waals surface area (Å²) in [5.41, 5.74) is 5.43. The molecule has 1 N–H and O–H groups in total. The van der Waals surface area contributed by atoms with Crippen LogP contribution in [-0.2, 0) is 6.42 Å². The molecular formula is C16H14O. The second kappa shape index (κ2) is 3.13. The molecule has 2 aliphatic rings. The maximum atomic E-state index is 10.1. The van der Waals surface area contributed by atoms with E-state index in [2.05, 4.69) is 30.3 Å². The van der Waals surface area contributed by atoms with Crippen molar-refractivity contribution in [3.05, 3.63) is 64.7 Å². The van der Waals surface area contributed by atoms with Crippen LogP contribution in [0.1, 0.15) is 40.5 Å². The molecule has 0 fully saturated rings. The molecule has 84 valence electrons. The fourth-order valence-electron chi connectivity index (χ4n) is 3.64. The third-order valence-electron chi connectivity index (χ3n) is 4.32. The first-order valence-electron chi connectivity index (χ1n) is 6.24. The van der Waals surface area contributed by atoms with Crippen molar-refractivity contribution in [3.8, 4) is 5.75 Å². The molecule has 1 heteroatoms. The average Bonchev–Trinajstić information content (AvgIpc) is 2.66. The molecule has 0 spiro atoms. The molecule has 0 saturated heterocycles. The number of fused-ring (bicyclic) bond motifs is 7. The van der Waals surface area contributed by atoms with E-state index in [0.717, 1.165) is 6.42 Å². The topological polar surface area (TPSA) is 20.2 Å². The van der Waals surface area contributed by atoms with Crippen LogP contribution in [0.3, 0.4) is 0 Å². The third-order valence-corrected chi connectivity index (χ3v) is 4.32. The number of rotatable bonds is 0. The van der Waals surface area contributed by atoms with Gasteiger partial charge in [-0.05, 0) is 41.5 Å². The number of benzene rings is 2. The molecule has 0 aromatic heterocycles. The molecule has 0 saturated carbocycles. The van der Waals surface area contributed by atoms with E-state index in [4.69, 9.17) is 0 Å². The fourth-order valence-corrected chi connectivity index (χ4v) is 3.64. The van der Waals surface area contributed by atoms with E-state index in [1.807, 2.05) is 12.1 Å². The highest BCUT2D eigenvalue weighted by Crippen LogP contribution is 2.53. The summed E-state index contributed by atoms with van der Waals surface area (Å²) in [6.45, 7) is 0. The molecule has 0 amide bonds. The van der Waals surface area contributed by atoms with Crippen LogP contribution < -0.4 is 0 Å². The van der Waals surface area contributed by atoms with Crippen molar-refractivity contribution in [2.75, 3.05) is 0 Å². The van der Waals surface area contributed by atoms with Gasteiger partial charge >= 0.3 is 0 Å². The first-order chi connectivity index (χ1) is 8.34. The van der Waals surface area contributed by atoms with E-state index >= 15 is 0 Å². The van der Waals surface area contributed by atoms with E-state index in [-0.39, 0.29) is 0 Å². The third kappa shape index (κ3) is 1.14. The minimum atomic E-state index is 0.418. The lowest BCUT2D eigenvalue weighted by molar-refractivity contribution is 0.465. The Hall–Kier alpha value is -1.76. The van der Waals surface area contributed by atoms with Gasteiger partial charge < -0.3 is 5.11 Å². The Morgan fingerprint density at radius 3 is 2.71 bits per heavy atom. The maximum absolute atomic E-state index is 10.1. The molecule has 2 bridgehead atoms. The molecule has 0 radical (unpaired) electrons. The highest BCUT2D eigenvalue weighted by atomic mass is 16.3. The van der Waals surface area contributed by atoms with E-state index in [0.29, 0.717) is 17.6 Å². The second-order valence-electron chi connectivity index (χ2n) is 5.17. The van der Waals surface area contributed by atoms with Crippen molar-refractivity contribution in [2.45, 2.75) is 24.7 Å². The largest absolute Gasteiger partial charge is 0.508 e. The van der Waals surface area contributed by atoms with E-state index < -0.39 is 0 Å². The number of phenols is 1. The highest BCUT2D eigenvalue weighted by Gasteiger charge is 2.38. The summed E-state index contributed by atoms with van der Waals surface area (Å²) in [4.78, 5) is 0. The van der Waals surface area contributed by atoms with Crippen LogP contribution in [-0.4, -0.2) is 5.11 Å². The Kier molecular flexibility index (Phi) is 1.71. The Morgan fingerprint density at radius 1 is 0.941 bits per heavy atom. The Bertz CT molecular complexity index is 600. The van der Waals surface area contributed by atoms with Crippen molar-refractivity contribution in [1.82, 2.24) is 0 Å². The van der Waals surface area contributed by atoms with Gasteiger partial charge in [-0.3, -0.25) is 0 Å². The highest BCUT2D eigenvalue weighted by molar-refractivity contribution is 5.56. The number of aromatic hydroxyl groups is 1. The van der Waals surface area contributed by atoms with Crippen LogP contribution in [0.15, 0.2) is 42.5 Å². The molecule has 0 aliphatic heterocycles. The molecular weight excluding hydrogens is 208 g/mol. The van der Waals surface area contributed by atoms with Gasteiger partial charge in [0.1, 0.15) is 5.75 Å². The molecule has 17 heavy (non-hydrogen) atoms. The molecule has 2 unspecified atom stereocenters. The minimum absolute atomic E-state index is 0.418. The van der Waals surface area contributed by atoms with Gasteiger partial charge in [0.05, 0.1) is 0 Å². The summed E-state index contributed by atoms with van der Waals surface area (Å²) in [6.07, 6.45) is 2.30. The predicted molar refractivity (Wildman–Crippen MR) is 67.5 cm³/mol. The molecule has 2 atom stereocenters. The standard InChI is InChI=1S/C16H14O/c17-15-7-3-6-13-11-8-10-4-1-2-5-12(10)14(9-11)16(13)15/h1-7,11,14,17H,8-9H2. The molecule has 2 aromatic rings. The Labute approximate surface area is 101 Å². The molecule has 0 heterocycles. The van der Waals surface area contributed by atoms with Gasteiger partial charge in [0.15, 0.2) is 0 Å². The number of hydrogen-bond donors (Lipinski definition) is 1. The zero-order chi connectivity index (χ0) is 11.4. The van der Waals surface area contributed by atoms with Crippen LogP contribution >= 0.6 is 0 Å². The average molecular weight is 222 g/mol. The summed E-state index contributed by atoms with van der Waals surface area (Å²) in [5, 5.41) is 10.1. The SMILES string of the molecule is Oc1cccc2c1C1CC2Cc2ccccc21. The van der Waals surface area contributed by atoms with Gasteiger partial charge in [-0.2, -0.15) is 0 Å². The van der Waals surface area contributed by atoms with Crippen molar-refractivity contribution in [1.29, 1.82) is 0 Å². The maximum Gasteiger partial charge on any atom is 0.119 e. The van der Waals surface area contributed by atoms with Gasteiger partial charge in [-0.15, -0.1) is 0 Å². The van der Waals surface area contributed by atoms with Crippen molar-refractivity contribution in [3.63, 3.8) is 0 Å². The minimum Gasteiger partial charge on any atom is -0.508 e. The smallest absolute Gasteiger partial charge is 0.119 e. The lowest BCUT2D eigenvalue weighted by atomic mass is 9.81. The zero-order valence-corrected chi connectivity index (χ0v) is 9.56. The lowest BCUT2D eigenvalue weighted by Gasteiger charge is -2.23. The van der Waals surface area contributed by atoms with Crippen molar-refractivity contribution >= 4 is 0 Å². The summed E-state index contributed by atoms with van der Waals surface area (Å²) in [7, 11) is 0. The second-order valence-corrected chi connectivity index (χ2v) is 5.17. The fraction of sp³-hybridized carbons (Fsp3) is 0.250. The van der Waals surface area contributed by atoms with Crippen molar-refractivity contribution < 1.29 is 5.11 Å². The van der Waals surface area contributed by atoms with Gasteiger partial charge in [0, 0.05) is 11.5 Å². The zero-order valence-electron chi connectivity index (χ0n) is 9.56. The summed E-state index contributed by atoms with van der Waals surface area (Å²) in [5.74, 6) is 1.50. The molecule has 1 nitrogen and oxygen atoms in total. The van der Waals surface area contributed by atoms with Crippen LogP contribution in [0.5, 0.6) is 5.75 Å². The van der Waals surface area contributed by atoms with E-state index in [1.165, 1.54) is 28.7 Å². The summed E-state index contributed by atoms with van der Waals surface area (Å²) >= 11 is 0. The quantitative estimate of drug-likeness (QED) is 0.722. The number of hydrogen-bond acceptors (Lipinski definition) is 1. The lowest BCUT2D eigenvalue weighted by Crippen LogP contribution is -2.09.